The van der Waals surface area contributed by atoms with Gasteiger partial charge in [-0.15, -0.1) is 0 Å². The summed E-state index contributed by atoms with van der Waals surface area (Å²) in [4.78, 5) is 0. The van der Waals surface area contributed by atoms with E-state index in [0.717, 1.165) is 0 Å². The van der Waals surface area contributed by atoms with E-state index in [0.29, 0.717) is 0 Å². The lowest BCUT2D eigenvalue weighted by Crippen LogP contribution is -1.88. The predicted molar refractivity (Wildman–Crippen MR) is 94.4 cm³/mol. The van der Waals surface area contributed by atoms with Crippen molar-refractivity contribution >= 4 is 0 Å². The lowest BCUT2D eigenvalue weighted by molar-refractivity contribution is 0.618. The van der Waals surface area contributed by atoms with Crippen LogP contribution in [0.15, 0.2) is 11.6 Å². The summed E-state index contributed by atoms with van der Waals surface area (Å²) >= 11 is 0. The number of allylic oxidation sites excluding steroid dienone is 2. The van der Waals surface area contributed by atoms with Crippen LogP contribution in [0.1, 0.15) is 117 Å². The van der Waals surface area contributed by atoms with Crippen LogP contribution in [-0.2, 0) is 0 Å². The summed E-state index contributed by atoms with van der Waals surface area (Å²) in [6.45, 7) is 6.90. The highest BCUT2D eigenvalue weighted by atomic mass is 14.1. The first-order valence-electron chi connectivity index (χ1n) is 9.53. The molecule has 120 valence electrons. The van der Waals surface area contributed by atoms with Crippen molar-refractivity contribution in [1.29, 1.82) is 0 Å². The van der Waals surface area contributed by atoms with Crippen LogP contribution in [0.5, 0.6) is 0 Å². The second-order valence-electron chi connectivity index (χ2n) is 6.33. The molecule has 0 heteroatoms. The van der Waals surface area contributed by atoms with Gasteiger partial charge in [0.1, 0.15) is 0 Å². The zero-order valence-electron chi connectivity index (χ0n) is 14.7. The van der Waals surface area contributed by atoms with Crippen LogP contribution in [0, 0.1) is 0 Å². The molecular weight excluding hydrogens is 240 g/mol. The molecule has 0 N–H and O–H groups in total. The maximum absolute atomic E-state index is 2.59. The molecule has 0 saturated carbocycles. The van der Waals surface area contributed by atoms with Gasteiger partial charge in [-0.25, -0.2) is 0 Å². The summed E-state index contributed by atoms with van der Waals surface area (Å²) in [6, 6.07) is 0. The Bertz CT molecular complexity index is 188. The zero-order chi connectivity index (χ0) is 14.9. The van der Waals surface area contributed by atoms with Crippen molar-refractivity contribution in [2.24, 2.45) is 0 Å². The molecule has 0 aromatic carbocycles. The van der Waals surface area contributed by atoms with Crippen LogP contribution in [0.2, 0.25) is 0 Å². The quantitative estimate of drug-likeness (QED) is 0.212. The van der Waals surface area contributed by atoms with Gasteiger partial charge in [-0.05, 0) is 38.5 Å². The Hall–Kier alpha value is -0.260. The standard InChI is InChI=1S/C20H40/c1-4-7-10-13-16-19-20(17-14-11-8-5-2)18-15-12-9-6-3/h19H,4-18H2,1-3H3. The van der Waals surface area contributed by atoms with E-state index in [2.05, 4.69) is 26.8 Å². The Kier molecular flexibility index (Phi) is 16.6. The normalized spacial score (nSPS) is 10.8. The van der Waals surface area contributed by atoms with E-state index in [1.165, 1.54) is 96.3 Å². The monoisotopic (exact) mass is 280 g/mol. The SMILES string of the molecule is CCCCCCC=C(CCCCCC)CCCCCC. The van der Waals surface area contributed by atoms with Crippen molar-refractivity contribution in [3.63, 3.8) is 0 Å². The van der Waals surface area contributed by atoms with Gasteiger partial charge in [0, 0.05) is 0 Å². The van der Waals surface area contributed by atoms with Crippen molar-refractivity contribution in [2.45, 2.75) is 117 Å². The molecule has 0 unspecified atom stereocenters. The molecule has 0 aliphatic heterocycles. The molecule has 0 amide bonds. The van der Waals surface area contributed by atoms with Crippen LogP contribution in [0.25, 0.3) is 0 Å². The van der Waals surface area contributed by atoms with Crippen molar-refractivity contribution in [2.75, 3.05) is 0 Å². The van der Waals surface area contributed by atoms with Crippen LogP contribution >= 0.6 is 0 Å². The highest BCUT2D eigenvalue weighted by Crippen LogP contribution is 2.19. The fraction of sp³-hybridized carbons (Fsp3) is 0.900. The second kappa shape index (κ2) is 16.8. The van der Waals surface area contributed by atoms with Gasteiger partial charge in [0.05, 0.1) is 0 Å². The van der Waals surface area contributed by atoms with Crippen molar-refractivity contribution in [1.82, 2.24) is 0 Å². The Balaban J connectivity index is 3.86. The Morgan fingerprint density at radius 3 is 1.45 bits per heavy atom. The lowest BCUT2D eigenvalue weighted by Gasteiger charge is -2.08. The summed E-state index contributed by atoms with van der Waals surface area (Å²) in [5, 5.41) is 0. The van der Waals surface area contributed by atoms with E-state index in [1.54, 1.807) is 5.57 Å². The van der Waals surface area contributed by atoms with Gasteiger partial charge >= 0.3 is 0 Å². The number of hydrogen-bond acceptors (Lipinski definition) is 0. The van der Waals surface area contributed by atoms with Crippen LogP contribution in [-0.4, -0.2) is 0 Å². The molecule has 0 atom stereocenters. The summed E-state index contributed by atoms with van der Waals surface area (Å²) in [6.07, 6.45) is 23.5. The van der Waals surface area contributed by atoms with Gasteiger partial charge in [0.2, 0.25) is 0 Å². The van der Waals surface area contributed by atoms with Crippen LogP contribution < -0.4 is 0 Å². The molecule has 0 saturated heterocycles. The molecule has 0 rings (SSSR count). The Morgan fingerprint density at radius 2 is 1.00 bits per heavy atom. The van der Waals surface area contributed by atoms with Gasteiger partial charge in [0.25, 0.3) is 0 Å². The highest BCUT2D eigenvalue weighted by Gasteiger charge is 1.99. The molecule has 0 radical (unpaired) electrons. The summed E-state index contributed by atoms with van der Waals surface area (Å²) in [5.74, 6) is 0. The molecule has 0 bridgehead atoms. The number of rotatable bonds is 15. The van der Waals surface area contributed by atoms with Crippen LogP contribution in [0.4, 0.5) is 0 Å². The largest absolute Gasteiger partial charge is 0.0853 e. The fourth-order valence-corrected chi connectivity index (χ4v) is 2.76. The molecule has 0 aromatic rings. The van der Waals surface area contributed by atoms with E-state index >= 15 is 0 Å². The van der Waals surface area contributed by atoms with Gasteiger partial charge in [0.15, 0.2) is 0 Å². The Morgan fingerprint density at radius 1 is 0.550 bits per heavy atom. The van der Waals surface area contributed by atoms with Crippen molar-refractivity contribution in [3.8, 4) is 0 Å². The topological polar surface area (TPSA) is 0 Å². The van der Waals surface area contributed by atoms with E-state index in [1.807, 2.05) is 0 Å². The van der Waals surface area contributed by atoms with Crippen molar-refractivity contribution < 1.29 is 0 Å². The second-order valence-corrected chi connectivity index (χ2v) is 6.33. The smallest absolute Gasteiger partial charge is 0.0320 e. The number of hydrogen-bond donors (Lipinski definition) is 0. The van der Waals surface area contributed by atoms with E-state index < -0.39 is 0 Å². The third kappa shape index (κ3) is 14.2. The number of unbranched alkanes of at least 4 members (excludes halogenated alkanes) is 10. The maximum Gasteiger partial charge on any atom is -0.0320 e. The van der Waals surface area contributed by atoms with E-state index in [4.69, 9.17) is 0 Å². The highest BCUT2D eigenvalue weighted by molar-refractivity contribution is 5.01. The summed E-state index contributed by atoms with van der Waals surface area (Å²) in [5.41, 5.74) is 1.77. The van der Waals surface area contributed by atoms with E-state index in [-0.39, 0.29) is 0 Å². The third-order valence-corrected chi connectivity index (χ3v) is 4.19. The molecule has 0 spiro atoms. The minimum atomic E-state index is 1.33. The van der Waals surface area contributed by atoms with Gasteiger partial charge < -0.3 is 0 Å². The van der Waals surface area contributed by atoms with Gasteiger partial charge in [-0.2, -0.15) is 0 Å². The first-order valence-corrected chi connectivity index (χ1v) is 9.53. The third-order valence-electron chi connectivity index (χ3n) is 4.19. The lowest BCUT2D eigenvalue weighted by atomic mass is 9.98. The predicted octanol–water partition coefficient (Wildman–Crippen LogP) is 7.82. The molecule has 0 nitrogen and oxygen atoms in total. The Labute approximate surface area is 129 Å². The fourth-order valence-electron chi connectivity index (χ4n) is 2.76. The minimum absolute atomic E-state index is 1.33. The average Bonchev–Trinajstić information content (AvgIpc) is 2.47. The summed E-state index contributed by atoms with van der Waals surface area (Å²) in [7, 11) is 0. The minimum Gasteiger partial charge on any atom is -0.0853 e. The molecule has 0 aliphatic rings. The first kappa shape index (κ1) is 19.7. The summed E-state index contributed by atoms with van der Waals surface area (Å²) < 4.78 is 0. The zero-order valence-corrected chi connectivity index (χ0v) is 14.7. The van der Waals surface area contributed by atoms with E-state index in [9.17, 15) is 0 Å². The van der Waals surface area contributed by atoms with Gasteiger partial charge in [-0.1, -0.05) is 90.2 Å². The average molecular weight is 281 g/mol. The van der Waals surface area contributed by atoms with Crippen molar-refractivity contribution in [3.05, 3.63) is 11.6 Å². The molecule has 0 fully saturated rings. The first-order chi connectivity index (χ1) is 9.85. The molecule has 0 heterocycles. The maximum atomic E-state index is 2.59. The molecular formula is C20H40. The van der Waals surface area contributed by atoms with Crippen LogP contribution in [0.3, 0.4) is 0 Å². The molecule has 0 aliphatic carbocycles. The molecule has 20 heavy (non-hydrogen) atoms. The molecule has 0 aromatic heterocycles. The van der Waals surface area contributed by atoms with Gasteiger partial charge in [-0.3, -0.25) is 0 Å².